The molecule has 0 amide bonds. The SMILES string of the molecule is CCNC(=NCc1ccc(-n2cccn2)cc1)NCCCOCC1CC1. The van der Waals surface area contributed by atoms with Gasteiger partial charge in [-0.1, -0.05) is 12.1 Å². The largest absolute Gasteiger partial charge is 0.381 e. The van der Waals surface area contributed by atoms with Crippen molar-refractivity contribution in [2.24, 2.45) is 10.9 Å². The molecular formula is C20H29N5O. The van der Waals surface area contributed by atoms with Crippen molar-refractivity contribution in [3.63, 3.8) is 0 Å². The quantitative estimate of drug-likeness (QED) is 0.391. The van der Waals surface area contributed by atoms with Gasteiger partial charge in [-0.2, -0.15) is 5.10 Å². The molecule has 2 N–H and O–H groups in total. The first-order valence-corrected chi connectivity index (χ1v) is 9.54. The van der Waals surface area contributed by atoms with Gasteiger partial charge in [0.25, 0.3) is 0 Å². The molecule has 0 bridgehead atoms. The summed E-state index contributed by atoms with van der Waals surface area (Å²) >= 11 is 0. The van der Waals surface area contributed by atoms with E-state index in [4.69, 9.17) is 4.74 Å². The monoisotopic (exact) mass is 355 g/mol. The Bertz CT molecular complexity index is 662. The van der Waals surface area contributed by atoms with Crippen LogP contribution in [0.25, 0.3) is 5.69 Å². The molecule has 0 saturated heterocycles. The summed E-state index contributed by atoms with van der Waals surface area (Å²) in [6.45, 7) is 6.19. The highest BCUT2D eigenvalue weighted by Crippen LogP contribution is 2.28. The third-order valence-electron chi connectivity index (χ3n) is 4.28. The summed E-state index contributed by atoms with van der Waals surface area (Å²) < 4.78 is 7.51. The average Bonchev–Trinajstić information content (AvgIpc) is 3.33. The van der Waals surface area contributed by atoms with Crippen LogP contribution in [0.1, 0.15) is 31.7 Å². The Morgan fingerprint density at radius 3 is 2.81 bits per heavy atom. The summed E-state index contributed by atoms with van der Waals surface area (Å²) in [5.41, 5.74) is 2.23. The lowest BCUT2D eigenvalue weighted by atomic mass is 10.2. The highest BCUT2D eigenvalue weighted by Gasteiger charge is 2.20. The Kier molecular flexibility index (Phi) is 7.07. The zero-order chi connectivity index (χ0) is 18.0. The molecule has 26 heavy (non-hydrogen) atoms. The number of hydrogen-bond acceptors (Lipinski definition) is 3. The average molecular weight is 355 g/mol. The zero-order valence-electron chi connectivity index (χ0n) is 15.5. The number of aliphatic imine (C=N–C) groups is 1. The molecule has 3 rings (SSSR count). The summed E-state index contributed by atoms with van der Waals surface area (Å²) in [6, 6.07) is 10.2. The van der Waals surface area contributed by atoms with Crippen molar-refractivity contribution in [2.75, 3.05) is 26.3 Å². The molecule has 1 fully saturated rings. The van der Waals surface area contributed by atoms with Crippen LogP contribution in [0.2, 0.25) is 0 Å². The first-order chi connectivity index (χ1) is 12.8. The van der Waals surface area contributed by atoms with Crippen molar-refractivity contribution in [3.8, 4) is 5.69 Å². The van der Waals surface area contributed by atoms with Crippen LogP contribution in [0.3, 0.4) is 0 Å². The standard InChI is InChI=1S/C20H29N5O/c1-2-21-20(22-11-4-14-26-16-18-5-6-18)23-15-17-7-9-19(10-8-17)25-13-3-12-24-25/h3,7-10,12-13,18H,2,4-6,11,14-16H2,1H3,(H2,21,22,23). The van der Waals surface area contributed by atoms with E-state index < -0.39 is 0 Å². The Hall–Kier alpha value is -2.34. The number of guanidine groups is 1. The molecule has 0 atom stereocenters. The fraction of sp³-hybridized carbons (Fsp3) is 0.500. The van der Waals surface area contributed by atoms with Crippen molar-refractivity contribution in [2.45, 2.75) is 32.7 Å². The molecule has 0 unspecified atom stereocenters. The number of nitrogens with zero attached hydrogens (tertiary/aromatic N) is 3. The van der Waals surface area contributed by atoms with E-state index in [9.17, 15) is 0 Å². The maximum Gasteiger partial charge on any atom is 0.191 e. The normalized spacial score (nSPS) is 14.4. The van der Waals surface area contributed by atoms with Crippen molar-refractivity contribution in [1.82, 2.24) is 20.4 Å². The van der Waals surface area contributed by atoms with Crippen LogP contribution in [0.4, 0.5) is 0 Å². The fourth-order valence-corrected chi connectivity index (χ4v) is 2.60. The third kappa shape index (κ3) is 6.19. The number of nitrogens with one attached hydrogen (secondary N) is 2. The molecule has 6 nitrogen and oxygen atoms in total. The van der Waals surface area contributed by atoms with Crippen molar-refractivity contribution in [3.05, 3.63) is 48.3 Å². The third-order valence-corrected chi connectivity index (χ3v) is 4.28. The molecule has 1 aromatic heterocycles. The van der Waals surface area contributed by atoms with Gasteiger partial charge in [0.05, 0.1) is 12.2 Å². The van der Waals surface area contributed by atoms with E-state index in [0.29, 0.717) is 6.54 Å². The lowest BCUT2D eigenvalue weighted by Gasteiger charge is -2.11. The maximum absolute atomic E-state index is 5.66. The maximum atomic E-state index is 5.66. The highest BCUT2D eigenvalue weighted by atomic mass is 16.5. The minimum absolute atomic E-state index is 0.646. The molecule has 1 heterocycles. The lowest BCUT2D eigenvalue weighted by Crippen LogP contribution is -2.38. The van der Waals surface area contributed by atoms with E-state index >= 15 is 0 Å². The molecule has 6 heteroatoms. The minimum atomic E-state index is 0.646. The molecule has 0 spiro atoms. The zero-order valence-corrected chi connectivity index (χ0v) is 15.5. The van der Waals surface area contributed by atoms with Gasteiger partial charge in [0.2, 0.25) is 0 Å². The Morgan fingerprint density at radius 1 is 1.27 bits per heavy atom. The van der Waals surface area contributed by atoms with Gasteiger partial charge in [0, 0.05) is 38.7 Å². The predicted octanol–water partition coefficient (Wildman–Crippen LogP) is 2.74. The number of aromatic nitrogens is 2. The van der Waals surface area contributed by atoms with E-state index in [1.165, 1.54) is 18.4 Å². The van der Waals surface area contributed by atoms with Crippen LogP contribution in [0.15, 0.2) is 47.7 Å². The van der Waals surface area contributed by atoms with Gasteiger partial charge >= 0.3 is 0 Å². The van der Waals surface area contributed by atoms with Gasteiger partial charge in [-0.05, 0) is 55.9 Å². The van der Waals surface area contributed by atoms with Crippen molar-refractivity contribution < 1.29 is 4.74 Å². The second-order valence-electron chi connectivity index (χ2n) is 6.61. The molecular weight excluding hydrogens is 326 g/mol. The van der Waals surface area contributed by atoms with Crippen LogP contribution in [0.5, 0.6) is 0 Å². The minimum Gasteiger partial charge on any atom is -0.381 e. The van der Waals surface area contributed by atoms with E-state index in [-0.39, 0.29) is 0 Å². The number of ether oxygens (including phenoxy) is 1. The molecule has 1 aromatic carbocycles. The lowest BCUT2D eigenvalue weighted by molar-refractivity contribution is 0.123. The van der Waals surface area contributed by atoms with Gasteiger partial charge in [-0.15, -0.1) is 0 Å². The van der Waals surface area contributed by atoms with Crippen LogP contribution in [-0.2, 0) is 11.3 Å². The highest BCUT2D eigenvalue weighted by molar-refractivity contribution is 5.79. The van der Waals surface area contributed by atoms with Crippen LogP contribution >= 0.6 is 0 Å². The van der Waals surface area contributed by atoms with Crippen LogP contribution in [-0.4, -0.2) is 42.0 Å². The van der Waals surface area contributed by atoms with Gasteiger partial charge < -0.3 is 15.4 Å². The summed E-state index contributed by atoms with van der Waals surface area (Å²) in [7, 11) is 0. The Morgan fingerprint density at radius 2 is 2.12 bits per heavy atom. The van der Waals surface area contributed by atoms with Crippen molar-refractivity contribution in [1.29, 1.82) is 0 Å². The second kappa shape index (κ2) is 9.97. The van der Waals surface area contributed by atoms with Gasteiger partial charge in [-0.25, -0.2) is 9.67 Å². The van der Waals surface area contributed by atoms with E-state index in [2.05, 4.69) is 51.9 Å². The van der Waals surface area contributed by atoms with Crippen LogP contribution < -0.4 is 10.6 Å². The Balaban J connectivity index is 1.42. The Labute approximate surface area is 155 Å². The van der Waals surface area contributed by atoms with Crippen LogP contribution in [0, 0.1) is 5.92 Å². The summed E-state index contributed by atoms with van der Waals surface area (Å²) in [5.74, 6) is 1.69. The van der Waals surface area contributed by atoms with E-state index in [0.717, 1.165) is 50.3 Å². The first-order valence-electron chi connectivity index (χ1n) is 9.54. The predicted molar refractivity (Wildman–Crippen MR) is 105 cm³/mol. The van der Waals surface area contributed by atoms with Crippen molar-refractivity contribution >= 4 is 5.96 Å². The molecule has 0 aliphatic heterocycles. The van der Waals surface area contributed by atoms with E-state index in [1.54, 1.807) is 6.20 Å². The number of rotatable bonds is 10. The van der Waals surface area contributed by atoms with Gasteiger partial charge in [-0.3, -0.25) is 0 Å². The molecule has 2 aromatic rings. The number of benzene rings is 1. The number of hydrogen-bond donors (Lipinski definition) is 2. The first kappa shape index (κ1) is 18.5. The smallest absolute Gasteiger partial charge is 0.191 e. The summed E-state index contributed by atoms with van der Waals surface area (Å²) in [5, 5.41) is 10.9. The topological polar surface area (TPSA) is 63.5 Å². The van der Waals surface area contributed by atoms with Gasteiger partial charge in [0.15, 0.2) is 5.96 Å². The molecule has 140 valence electrons. The van der Waals surface area contributed by atoms with E-state index in [1.807, 2.05) is 16.9 Å². The molecule has 1 aliphatic rings. The summed E-state index contributed by atoms with van der Waals surface area (Å²) in [6.07, 6.45) is 7.41. The second-order valence-corrected chi connectivity index (χ2v) is 6.61. The fourth-order valence-electron chi connectivity index (χ4n) is 2.60. The van der Waals surface area contributed by atoms with Gasteiger partial charge in [0.1, 0.15) is 0 Å². The molecule has 1 saturated carbocycles. The summed E-state index contributed by atoms with van der Waals surface area (Å²) in [4.78, 5) is 4.66. The molecule has 1 aliphatic carbocycles. The molecule has 0 radical (unpaired) electrons.